The second-order valence-corrected chi connectivity index (χ2v) is 8.75. The highest BCUT2D eigenvalue weighted by atomic mass is 19.3. The summed E-state index contributed by atoms with van der Waals surface area (Å²) in [6.45, 7) is 3.73. The van der Waals surface area contributed by atoms with Gasteiger partial charge in [-0.2, -0.15) is 13.8 Å². The Labute approximate surface area is 160 Å². The zero-order chi connectivity index (χ0) is 20.0. The number of alkyl halides is 4. The number of halogens is 4. The lowest BCUT2D eigenvalue weighted by Gasteiger charge is -2.46. The normalized spacial score (nSPS) is 34.1. The van der Waals surface area contributed by atoms with E-state index in [9.17, 15) is 22.4 Å². The first kappa shape index (κ1) is 18.1. The van der Waals surface area contributed by atoms with Gasteiger partial charge in [-0.1, -0.05) is 0 Å². The van der Waals surface area contributed by atoms with E-state index in [1.165, 1.54) is 11.8 Å². The molecule has 3 fully saturated rings. The molecule has 2 saturated heterocycles. The molecule has 1 saturated carbocycles. The number of hydrogen-bond donors (Lipinski definition) is 0. The van der Waals surface area contributed by atoms with Gasteiger partial charge in [0.15, 0.2) is 0 Å². The third kappa shape index (κ3) is 2.54. The fourth-order valence-electron chi connectivity index (χ4n) is 5.10. The summed E-state index contributed by atoms with van der Waals surface area (Å²) in [6, 6.07) is -1.11. The summed E-state index contributed by atoms with van der Waals surface area (Å²) in [5, 5.41) is 0. The molecule has 1 aromatic heterocycles. The number of carbonyl (C=O) groups excluding carboxylic acids is 1. The van der Waals surface area contributed by atoms with Gasteiger partial charge in [-0.05, 0) is 38.0 Å². The zero-order valence-corrected chi connectivity index (χ0v) is 15.8. The highest BCUT2D eigenvalue weighted by Gasteiger charge is 2.57. The van der Waals surface area contributed by atoms with Crippen molar-refractivity contribution < 1.29 is 22.4 Å². The van der Waals surface area contributed by atoms with Crippen LogP contribution in [0.3, 0.4) is 0 Å². The van der Waals surface area contributed by atoms with Crippen LogP contribution in [-0.2, 0) is 17.1 Å². The van der Waals surface area contributed by atoms with Crippen LogP contribution in [0.25, 0.3) is 0 Å². The average molecular weight is 398 g/mol. The largest absolute Gasteiger partial charge is 0.356 e. The van der Waals surface area contributed by atoms with E-state index in [0.29, 0.717) is 48.6 Å². The van der Waals surface area contributed by atoms with Crippen LogP contribution in [0, 0.1) is 17.8 Å². The van der Waals surface area contributed by atoms with Crippen LogP contribution in [0.4, 0.5) is 29.3 Å². The molecule has 2 aliphatic carbocycles. The van der Waals surface area contributed by atoms with Gasteiger partial charge in [0, 0.05) is 31.5 Å². The van der Waals surface area contributed by atoms with Crippen molar-refractivity contribution in [3.05, 3.63) is 11.3 Å². The number of hydrogen-bond acceptors (Lipinski definition) is 5. The number of Topliss-reactive ketones (excluding diaryl/α,β-unsaturated/α-hetero) is 1. The molecule has 1 aromatic rings. The van der Waals surface area contributed by atoms with E-state index < -0.39 is 24.4 Å². The van der Waals surface area contributed by atoms with Crippen molar-refractivity contribution in [1.82, 2.24) is 9.97 Å². The molecule has 5 rings (SSSR count). The predicted molar refractivity (Wildman–Crippen MR) is 94.0 cm³/mol. The Hall–Kier alpha value is -1.93. The maximum atomic E-state index is 14.4. The van der Waals surface area contributed by atoms with Crippen molar-refractivity contribution in [3.8, 4) is 0 Å². The molecule has 0 bridgehead atoms. The van der Waals surface area contributed by atoms with E-state index in [-0.39, 0.29) is 30.3 Å². The first-order valence-electron chi connectivity index (χ1n) is 9.76. The summed E-state index contributed by atoms with van der Waals surface area (Å²) in [4.78, 5) is 23.1. The Bertz CT molecular complexity index is 849. The summed E-state index contributed by atoms with van der Waals surface area (Å²) in [5.41, 5.74) is 0.133. The lowest BCUT2D eigenvalue weighted by molar-refractivity contribution is -0.117. The van der Waals surface area contributed by atoms with Gasteiger partial charge in [-0.25, -0.2) is 13.8 Å². The molecular weight excluding hydrogens is 376 g/mol. The second-order valence-electron chi connectivity index (χ2n) is 8.75. The Morgan fingerprint density at radius 3 is 2.43 bits per heavy atom. The minimum absolute atomic E-state index is 0.0328. The standard InChI is InChI=1S/C19H22F4N4O/c1-9(28)5-12-13-6-26(7-14(12)13)16-11-3-4-18(20,21)15(11)24-17(25-16)27-8-19(22,23)10(27)2/h10,12-14H,3-8H2,1-2H3/t10-,12?,13-,14+/m0/s1. The van der Waals surface area contributed by atoms with Gasteiger partial charge in [-0.15, -0.1) is 0 Å². The number of rotatable bonds is 4. The van der Waals surface area contributed by atoms with E-state index in [0.717, 1.165) is 0 Å². The van der Waals surface area contributed by atoms with Gasteiger partial charge < -0.3 is 14.6 Å². The van der Waals surface area contributed by atoms with E-state index in [2.05, 4.69) is 9.97 Å². The minimum Gasteiger partial charge on any atom is -0.356 e. The number of fused-ring (bicyclic) bond motifs is 2. The van der Waals surface area contributed by atoms with Gasteiger partial charge in [-0.3, -0.25) is 0 Å². The van der Waals surface area contributed by atoms with Crippen molar-refractivity contribution in [3.63, 3.8) is 0 Å². The van der Waals surface area contributed by atoms with Crippen LogP contribution >= 0.6 is 0 Å². The summed E-state index contributed by atoms with van der Waals surface area (Å²) in [6.07, 6.45) is 0.425. The number of aromatic nitrogens is 2. The van der Waals surface area contributed by atoms with Crippen molar-refractivity contribution in [2.24, 2.45) is 17.8 Å². The molecule has 0 N–H and O–H groups in total. The Kier molecular flexibility index (Phi) is 3.60. The van der Waals surface area contributed by atoms with Crippen molar-refractivity contribution >= 4 is 17.5 Å². The van der Waals surface area contributed by atoms with E-state index in [1.807, 2.05) is 4.90 Å². The molecule has 3 heterocycles. The summed E-state index contributed by atoms with van der Waals surface area (Å²) >= 11 is 0. The molecule has 152 valence electrons. The molecule has 0 amide bonds. The molecule has 0 radical (unpaired) electrons. The zero-order valence-electron chi connectivity index (χ0n) is 15.8. The number of carbonyl (C=O) groups is 1. The maximum absolute atomic E-state index is 14.4. The van der Waals surface area contributed by atoms with Gasteiger partial charge in [0.1, 0.15) is 17.3 Å². The average Bonchev–Trinajstić information content (AvgIpc) is 2.96. The number of piperidine rings is 1. The third-order valence-corrected chi connectivity index (χ3v) is 6.92. The highest BCUT2D eigenvalue weighted by Crippen LogP contribution is 2.55. The van der Waals surface area contributed by atoms with Crippen LogP contribution in [0.2, 0.25) is 0 Å². The first-order valence-corrected chi connectivity index (χ1v) is 9.76. The first-order chi connectivity index (χ1) is 13.1. The molecule has 4 aliphatic rings. The lowest BCUT2D eigenvalue weighted by atomic mass is 10.0. The minimum atomic E-state index is -3.06. The molecule has 0 spiro atoms. The smallest absolute Gasteiger partial charge is 0.290 e. The summed E-state index contributed by atoms with van der Waals surface area (Å²) in [7, 11) is 0. The SMILES string of the molecule is CC(=O)CC1[C@H]2CN(c3nc(N4CC(F)(F)[C@@H]4C)nc4c3CCC4(F)F)C[C@@H]12. The van der Waals surface area contributed by atoms with E-state index in [4.69, 9.17) is 0 Å². The van der Waals surface area contributed by atoms with Gasteiger partial charge in [0.25, 0.3) is 11.8 Å². The Morgan fingerprint density at radius 2 is 1.86 bits per heavy atom. The molecule has 1 unspecified atom stereocenters. The quantitative estimate of drug-likeness (QED) is 0.730. The monoisotopic (exact) mass is 398 g/mol. The number of anilines is 2. The van der Waals surface area contributed by atoms with Crippen LogP contribution < -0.4 is 9.80 Å². The Morgan fingerprint density at radius 1 is 1.18 bits per heavy atom. The third-order valence-electron chi connectivity index (χ3n) is 6.92. The van der Waals surface area contributed by atoms with Crippen LogP contribution in [0.15, 0.2) is 0 Å². The number of ketones is 1. The maximum Gasteiger partial charge on any atom is 0.290 e. The molecule has 0 aromatic carbocycles. The molecule has 2 aliphatic heterocycles. The molecular formula is C19H22F4N4O. The van der Waals surface area contributed by atoms with E-state index in [1.54, 1.807) is 6.92 Å². The second kappa shape index (κ2) is 5.57. The van der Waals surface area contributed by atoms with Gasteiger partial charge in [0.05, 0.1) is 12.6 Å². The predicted octanol–water partition coefficient (Wildman–Crippen LogP) is 3.02. The highest BCUT2D eigenvalue weighted by molar-refractivity contribution is 5.76. The Balaban J connectivity index is 1.45. The van der Waals surface area contributed by atoms with Crippen molar-refractivity contribution in [1.29, 1.82) is 0 Å². The van der Waals surface area contributed by atoms with Crippen LogP contribution in [-0.4, -0.2) is 47.3 Å². The van der Waals surface area contributed by atoms with Gasteiger partial charge >= 0.3 is 0 Å². The molecule has 4 atom stereocenters. The van der Waals surface area contributed by atoms with Crippen molar-refractivity contribution in [2.75, 3.05) is 29.4 Å². The van der Waals surface area contributed by atoms with Crippen LogP contribution in [0.5, 0.6) is 0 Å². The molecule has 28 heavy (non-hydrogen) atoms. The number of nitrogens with zero attached hydrogens (tertiary/aromatic N) is 4. The van der Waals surface area contributed by atoms with Crippen LogP contribution in [0.1, 0.15) is 37.9 Å². The lowest BCUT2D eigenvalue weighted by Crippen LogP contribution is -2.64. The molecule has 5 nitrogen and oxygen atoms in total. The topological polar surface area (TPSA) is 49.3 Å². The fourth-order valence-corrected chi connectivity index (χ4v) is 5.10. The summed E-state index contributed by atoms with van der Waals surface area (Å²) < 4.78 is 56.0. The summed E-state index contributed by atoms with van der Waals surface area (Å²) in [5.74, 6) is -4.18. The fraction of sp³-hybridized carbons (Fsp3) is 0.737. The molecule has 9 heteroatoms. The van der Waals surface area contributed by atoms with E-state index >= 15 is 0 Å². The van der Waals surface area contributed by atoms with Crippen molar-refractivity contribution in [2.45, 2.75) is 51.0 Å². The van der Waals surface area contributed by atoms with Gasteiger partial charge in [0.2, 0.25) is 5.95 Å².